The summed E-state index contributed by atoms with van der Waals surface area (Å²) in [5.41, 5.74) is -1.82. The average molecular weight is 575 g/mol. The van der Waals surface area contributed by atoms with Gasteiger partial charge in [-0.3, -0.25) is 4.79 Å². The van der Waals surface area contributed by atoms with Gasteiger partial charge in [0.05, 0.1) is 15.4 Å². The van der Waals surface area contributed by atoms with E-state index < -0.39 is 33.8 Å². The predicted molar refractivity (Wildman–Crippen MR) is 140 cm³/mol. The Morgan fingerprint density at radius 3 is 2.35 bits per heavy atom. The highest BCUT2D eigenvalue weighted by atomic mass is 35.5. The van der Waals surface area contributed by atoms with E-state index in [1.54, 1.807) is 19.9 Å². The minimum Gasteiger partial charge on any atom is -0.374 e. The van der Waals surface area contributed by atoms with Gasteiger partial charge in [0, 0.05) is 38.6 Å². The van der Waals surface area contributed by atoms with Crippen LogP contribution in [0.3, 0.4) is 0 Å². The summed E-state index contributed by atoms with van der Waals surface area (Å²) in [4.78, 5) is 18.1. The van der Waals surface area contributed by atoms with Gasteiger partial charge in [-0.2, -0.15) is 17.5 Å². The third kappa shape index (κ3) is 5.54. The van der Waals surface area contributed by atoms with Crippen LogP contribution in [-0.2, 0) is 20.2 Å². The normalized spacial score (nSPS) is 22.2. The zero-order valence-corrected chi connectivity index (χ0v) is 22.7. The zero-order chi connectivity index (χ0) is 27.0. The van der Waals surface area contributed by atoms with Gasteiger partial charge < -0.3 is 4.84 Å². The Balaban J connectivity index is 1.62. The van der Waals surface area contributed by atoms with E-state index in [9.17, 15) is 22.2 Å². The van der Waals surface area contributed by atoms with Gasteiger partial charge in [0.2, 0.25) is 0 Å². The summed E-state index contributed by atoms with van der Waals surface area (Å²) in [5, 5.41) is 3.75. The van der Waals surface area contributed by atoms with Crippen molar-refractivity contribution in [1.29, 1.82) is 0 Å². The van der Waals surface area contributed by atoms with Crippen LogP contribution in [0.25, 0.3) is 0 Å². The molecule has 1 fully saturated rings. The highest BCUT2D eigenvalue weighted by molar-refractivity contribution is 7.94. The minimum absolute atomic E-state index is 0.0440. The van der Waals surface area contributed by atoms with E-state index in [4.69, 9.17) is 28.0 Å². The van der Waals surface area contributed by atoms with Gasteiger partial charge in [0.25, 0.3) is 11.5 Å². The van der Waals surface area contributed by atoms with Crippen LogP contribution in [0.2, 0.25) is 10.0 Å². The SMILES string of the molecule is CCS(=O)(=NC(=O)c1ccc(C2=NOC(c3cc(Cl)cc(Cl)c3)(C(F)(F)F)C2)cc1C)C1CCCCC1. The molecule has 1 aliphatic heterocycles. The molecule has 0 bridgehead atoms. The van der Waals surface area contributed by atoms with Crippen molar-refractivity contribution in [3.63, 3.8) is 0 Å². The molecule has 2 aromatic carbocycles. The smallest absolute Gasteiger partial charge is 0.374 e. The van der Waals surface area contributed by atoms with Crippen molar-refractivity contribution in [2.24, 2.45) is 9.52 Å². The van der Waals surface area contributed by atoms with E-state index >= 15 is 0 Å². The Morgan fingerprint density at radius 1 is 1.14 bits per heavy atom. The van der Waals surface area contributed by atoms with E-state index in [0.29, 0.717) is 16.9 Å². The molecule has 2 aliphatic rings. The molecule has 1 aliphatic carbocycles. The maximum absolute atomic E-state index is 14.3. The largest absolute Gasteiger partial charge is 0.435 e. The van der Waals surface area contributed by atoms with Crippen molar-refractivity contribution in [2.75, 3.05) is 5.75 Å². The van der Waals surface area contributed by atoms with Gasteiger partial charge >= 0.3 is 6.18 Å². The van der Waals surface area contributed by atoms with Crippen LogP contribution >= 0.6 is 23.2 Å². The number of alkyl halides is 3. The first-order valence-electron chi connectivity index (χ1n) is 12.1. The number of aryl methyl sites for hydroxylation is 1. The van der Waals surface area contributed by atoms with Crippen LogP contribution in [0.15, 0.2) is 45.9 Å². The van der Waals surface area contributed by atoms with Gasteiger partial charge in [-0.15, -0.1) is 0 Å². The number of benzene rings is 2. The number of carbonyl (C=O) groups excluding carboxylic acids is 1. The summed E-state index contributed by atoms with van der Waals surface area (Å²) in [7, 11) is -2.70. The van der Waals surface area contributed by atoms with Crippen LogP contribution < -0.4 is 0 Å². The first kappa shape index (κ1) is 27.9. The molecule has 11 heteroatoms. The van der Waals surface area contributed by atoms with Crippen LogP contribution in [0.5, 0.6) is 0 Å². The quantitative estimate of drug-likeness (QED) is 0.365. The molecule has 200 valence electrons. The van der Waals surface area contributed by atoms with Crippen molar-refractivity contribution < 1.29 is 27.0 Å². The fourth-order valence-corrected chi connectivity index (χ4v) is 7.65. The molecular formula is C26H27Cl2F3N2O3S. The Bertz CT molecular complexity index is 1340. The number of nitrogens with zero attached hydrogens (tertiary/aromatic N) is 2. The van der Waals surface area contributed by atoms with Crippen molar-refractivity contribution >= 4 is 44.5 Å². The third-order valence-corrected chi connectivity index (χ3v) is 10.3. The molecule has 2 atom stereocenters. The lowest BCUT2D eigenvalue weighted by molar-refractivity contribution is -0.275. The highest BCUT2D eigenvalue weighted by Crippen LogP contribution is 2.49. The summed E-state index contributed by atoms with van der Waals surface area (Å²) >= 11 is 11.9. The number of halogens is 5. The predicted octanol–water partition coefficient (Wildman–Crippen LogP) is 7.84. The van der Waals surface area contributed by atoms with Crippen LogP contribution in [0.1, 0.15) is 72.5 Å². The number of hydrogen-bond donors (Lipinski definition) is 0. The number of carbonyl (C=O) groups is 1. The van der Waals surface area contributed by atoms with E-state index in [1.165, 1.54) is 18.2 Å². The van der Waals surface area contributed by atoms with E-state index in [0.717, 1.165) is 44.2 Å². The van der Waals surface area contributed by atoms with Gasteiger partial charge in [0.1, 0.15) is 0 Å². The first-order chi connectivity index (χ1) is 17.4. The number of hydrogen-bond acceptors (Lipinski definition) is 4. The van der Waals surface area contributed by atoms with Crippen LogP contribution in [0, 0.1) is 6.92 Å². The van der Waals surface area contributed by atoms with Crippen LogP contribution in [0.4, 0.5) is 13.2 Å². The number of oxime groups is 1. The molecule has 0 spiro atoms. The molecule has 37 heavy (non-hydrogen) atoms. The van der Waals surface area contributed by atoms with E-state index in [2.05, 4.69) is 9.52 Å². The van der Waals surface area contributed by atoms with Gasteiger partial charge in [-0.1, -0.05) is 60.6 Å². The molecule has 1 heterocycles. The lowest BCUT2D eigenvalue weighted by Gasteiger charge is -2.29. The van der Waals surface area contributed by atoms with E-state index in [1.807, 2.05) is 0 Å². The Morgan fingerprint density at radius 2 is 1.78 bits per heavy atom. The molecular weight excluding hydrogens is 548 g/mol. The Hall–Kier alpha value is -2.10. The monoisotopic (exact) mass is 574 g/mol. The van der Waals surface area contributed by atoms with Crippen LogP contribution in [-0.4, -0.2) is 33.0 Å². The molecule has 0 N–H and O–H groups in total. The summed E-state index contributed by atoms with van der Waals surface area (Å²) in [6.07, 6.45) is -0.781. The van der Waals surface area contributed by atoms with Crippen molar-refractivity contribution in [3.8, 4) is 0 Å². The molecule has 0 saturated heterocycles. The topological polar surface area (TPSA) is 68.1 Å². The molecule has 2 unspecified atom stereocenters. The lowest BCUT2D eigenvalue weighted by atomic mass is 9.86. The molecule has 4 rings (SSSR count). The number of rotatable bonds is 5. The zero-order valence-electron chi connectivity index (χ0n) is 20.4. The highest BCUT2D eigenvalue weighted by Gasteiger charge is 2.62. The van der Waals surface area contributed by atoms with Crippen molar-refractivity contribution in [2.45, 2.75) is 69.4 Å². The minimum atomic E-state index is -4.81. The summed E-state index contributed by atoms with van der Waals surface area (Å²) < 4.78 is 60.5. The summed E-state index contributed by atoms with van der Waals surface area (Å²) in [6, 6.07) is 8.21. The molecule has 1 saturated carbocycles. The second-order valence-corrected chi connectivity index (χ2v) is 13.1. The van der Waals surface area contributed by atoms with Gasteiger partial charge in [0.15, 0.2) is 0 Å². The maximum Gasteiger partial charge on any atom is 0.435 e. The molecule has 5 nitrogen and oxygen atoms in total. The standard InChI is InChI=1S/C26H27Cl2F3N2O3S/c1-3-37(35,21-7-5-4-6-8-21)33-24(34)22-10-9-17(11-16(22)2)23-15-25(36-32-23,26(29,30)31)18-12-19(27)14-20(28)13-18/h9-14,21H,3-8,15H2,1-2H3. The summed E-state index contributed by atoms with van der Waals surface area (Å²) in [6.45, 7) is 3.44. The van der Waals surface area contributed by atoms with E-state index in [-0.39, 0.29) is 32.1 Å². The lowest BCUT2D eigenvalue weighted by Crippen LogP contribution is -2.42. The number of amides is 1. The summed E-state index contributed by atoms with van der Waals surface area (Å²) in [5.74, 6) is -0.286. The van der Waals surface area contributed by atoms with Crippen molar-refractivity contribution in [1.82, 2.24) is 0 Å². The molecule has 0 aromatic heterocycles. The van der Waals surface area contributed by atoms with Crippen molar-refractivity contribution in [3.05, 3.63) is 68.7 Å². The average Bonchev–Trinajstić information content (AvgIpc) is 3.31. The maximum atomic E-state index is 14.3. The second kappa shape index (κ2) is 10.6. The molecule has 2 aromatic rings. The van der Waals surface area contributed by atoms with Gasteiger partial charge in [-0.05, 0) is 61.2 Å². The molecule has 1 amide bonds. The second-order valence-electron chi connectivity index (χ2n) is 9.45. The Kier molecular flexibility index (Phi) is 7.98. The molecule has 0 radical (unpaired) electrons. The van der Waals surface area contributed by atoms with Gasteiger partial charge in [-0.25, -0.2) is 4.21 Å². The fourth-order valence-electron chi connectivity index (χ4n) is 4.93. The third-order valence-electron chi connectivity index (χ3n) is 7.03. The fraction of sp³-hybridized carbons (Fsp3) is 0.462. The Labute approximate surface area is 224 Å². The first-order valence-corrected chi connectivity index (χ1v) is 14.6.